The number of rotatable bonds is 1. The van der Waals surface area contributed by atoms with Crippen LogP contribution >= 0.6 is 10.7 Å². The number of hydrogen-bond acceptors (Lipinski definition) is 4. The summed E-state index contributed by atoms with van der Waals surface area (Å²) in [4.78, 5) is 11.1. The molecule has 5 heteroatoms. The van der Waals surface area contributed by atoms with E-state index in [1.54, 1.807) is 0 Å². The van der Waals surface area contributed by atoms with E-state index in [9.17, 15) is 4.79 Å². The Morgan fingerprint density at radius 1 is 1.36 bits per heavy atom. The molecule has 1 atom stereocenters. The summed E-state index contributed by atoms with van der Waals surface area (Å²) in [7, 11) is -0.800. The molecule has 1 unspecified atom stereocenters. The number of anilines is 1. The molecule has 1 heterocycles. The summed E-state index contributed by atoms with van der Waals surface area (Å²) < 4.78 is 0. The first-order valence-corrected chi connectivity index (χ1v) is 5.50. The smallest absolute Gasteiger partial charge is 0.213 e. The zero-order valence-corrected chi connectivity index (χ0v) is 8.30. The minimum atomic E-state index is -0.800. The third kappa shape index (κ3) is 1.84. The maximum Gasteiger partial charge on any atom is 0.213 e. The van der Waals surface area contributed by atoms with Crippen molar-refractivity contribution in [2.75, 3.05) is 11.9 Å². The van der Waals surface area contributed by atoms with Crippen molar-refractivity contribution in [1.82, 2.24) is 5.32 Å². The van der Waals surface area contributed by atoms with E-state index in [1.807, 2.05) is 30.3 Å². The lowest BCUT2D eigenvalue weighted by atomic mass is 10.3. The number of para-hydroxylation sites is 1. The first kappa shape index (κ1) is 9.39. The molecule has 1 aliphatic heterocycles. The van der Waals surface area contributed by atoms with Gasteiger partial charge in [0.1, 0.15) is 5.11 Å². The molecule has 1 aromatic carbocycles. The molecule has 1 aliphatic rings. The van der Waals surface area contributed by atoms with Gasteiger partial charge in [-0.2, -0.15) is 0 Å². The summed E-state index contributed by atoms with van der Waals surface area (Å²) in [6.45, 7) is 0.328. The van der Waals surface area contributed by atoms with Gasteiger partial charge < -0.3 is 5.32 Å². The highest BCUT2D eigenvalue weighted by atomic mass is 32.2. The van der Waals surface area contributed by atoms with Crippen molar-refractivity contribution in [1.29, 1.82) is 0 Å². The Labute approximate surface area is 84.6 Å². The molecule has 1 aromatic rings. The van der Waals surface area contributed by atoms with Crippen LogP contribution in [0.2, 0.25) is 0 Å². The van der Waals surface area contributed by atoms with Crippen LogP contribution < -0.4 is 15.8 Å². The Kier molecular flexibility index (Phi) is 2.62. The molecule has 0 aromatic heterocycles. The van der Waals surface area contributed by atoms with Crippen LogP contribution in [0.5, 0.6) is 0 Å². The molecule has 0 saturated heterocycles. The molecule has 0 aliphatic carbocycles. The minimum Gasteiger partial charge on any atom is -0.340 e. The van der Waals surface area contributed by atoms with Crippen LogP contribution in [-0.2, 0) is 4.79 Å². The fourth-order valence-corrected chi connectivity index (χ4v) is 2.08. The number of carbonyl (C=O) groups is 1. The maximum atomic E-state index is 11.1. The normalized spacial score (nSPS) is 21.4. The zero-order valence-electron chi connectivity index (χ0n) is 7.49. The van der Waals surface area contributed by atoms with Crippen LogP contribution in [0.15, 0.2) is 30.3 Å². The van der Waals surface area contributed by atoms with E-state index in [0.717, 1.165) is 5.69 Å². The molecule has 0 saturated carbocycles. The lowest BCUT2D eigenvalue weighted by Crippen LogP contribution is -2.26. The fraction of sp³-hybridized carbons (Fsp3) is 0.111. The van der Waals surface area contributed by atoms with Crippen molar-refractivity contribution in [3.8, 4) is 0 Å². The van der Waals surface area contributed by atoms with Crippen LogP contribution in [-0.4, -0.2) is 16.8 Å². The number of benzene rings is 1. The number of nitrogens with one attached hydrogen (secondary N) is 2. The van der Waals surface area contributed by atoms with E-state index in [1.165, 1.54) is 0 Å². The standard InChI is InChI=1S/C9H11N3OS/c10-14-8(13)6-11-9(14)12-7-4-2-1-3-5-7/h1-5,11-12H,6,10H2. The molecule has 14 heavy (non-hydrogen) atoms. The molecular formula is C9H11N3OS. The molecular weight excluding hydrogens is 198 g/mol. The molecule has 4 N–H and O–H groups in total. The van der Waals surface area contributed by atoms with Gasteiger partial charge >= 0.3 is 0 Å². The molecule has 0 spiro atoms. The van der Waals surface area contributed by atoms with Crippen LogP contribution in [0.1, 0.15) is 0 Å². The molecule has 0 radical (unpaired) electrons. The Balaban J connectivity index is 2.17. The lowest BCUT2D eigenvalue weighted by molar-refractivity contribution is -0.109. The van der Waals surface area contributed by atoms with E-state index in [-0.39, 0.29) is 5.12 Å². The zero-order chi connectivity index (χ0) is 9.97. The summed E-state index contributed by atoms with van der Waals surface area (Å²) in [6.07, 6.45) is 0. The van der Waals surface area contributed by atoms with E-state index in [2.05, 4.69) is 10.6 Å². The second kappa shape index (κ2) is 3.91. The average Bonchev–Trinajstić information content (AvgIpc) is 2.52. The van der Waals surface area contributed by atoms with Gasteiger partial charge in [-0.25, -0.2) is 0 Å². The maximum absolute atomic E-state index is 11.1. The molecule has 0 fully saturated rings. The van der Waals surface area contributed by atoms with Crippen LogP contribution in [0, 0.1) is 0 Å². The van der Waals surface area contributed by atoms with Gasteiger partial charge in [0.05, 0.1) is 6.54 Å². The first-order valence-electron chi connectivity index (χ1n) is 4.22. The summed E-state index contributed by atoms with van der Waals surface area (Å²) in [5.41, 5.74) is 0.938. The average molecular weight is 209 g/mol. The predicted octanol–water partition coefficient (Wildman–Crippen LogP) is 0.458. The number of hydrogen-bond donors (Lipinski definition) is 3. The van der Waals surface area contributed by atoms with Gasteiger partial charge in [-0.3, -0.25) is 15.3 Å². The highest BCUT2D eigenvalue weighted by Crippen LogP contribution is 2.13. The van der Waals surface area contributed by atoms with E-state index in [0.29, 0.717) is 11.7 Å². The second-order valence-electron chi connectivity index (χ2n) is 2.88. The van der Waals surface area contributed by atoms with E-state index < -0.39 is 10.7 Å². The molecule has 74 valence electrons. The molecule has 4 nitrogen and oxygen atoms in total. The first-order chi connectivity index (χ1) is 6.77. The van der Waals surface area contributed by atoms with Crippen molar-refractivity contribution >= 4 is 26.6 Å². The Morgan fingerprint density at radius 3 is 2.64 bits per heavy atom. The van der Waals surface area contributed by atoms with Gasteiger partial charge in [0, 0.05) is 5.69 Å². The quantitative estimate of drug-likeness (QED) is 0.588. The highest BCUT2D eigenvalue weighted by molar-refractivity contribution is 8.27. The summed E-state index contributed by atoms with van der Waals surface area (Å²) in [5, 5.41) is 12.5. The van der Waals surface area contributed by atoms with Crippen molar-refractivity contribution in [3.63, 3.8) is 0 Å². The van der Waals surface area contributed by atoms with E-state index >= 15 is 0 Å². The molecule has 0 amide bonds. The van der Waals surface area contributed by atoms with Gasteiger partial charge in [-0.05, 0) is 22.8 Å². The Bertz CT molecular complexity index is 388. The van der Waals surface area contributed by atoms with Gasteiger partial charge in [0.25, 0.3) is 0 Å². The fourth-order valence-electron chi connectivity index (χ4n) is 1.17. The van der Waals surface area contributed by atoms with Crippen molar-refractivity contribution in [3.05, 3.63) is 30.3 Å². The lowest BCUT2D eigenvalue weighted by Gasteiger charge is -2.07. The SMILES string of the molecule is NS1=C(Nc2ccccc2)NCC1=O. The Hall–Kier alpha value is -1.17. The third-order valence-electron chi connectivity index (χ3n) is 1.89. The summed E-state index contributed by atoms with van der Waals surface area (Å²) in [6, 6.07) is 9.64. The third-order valence-corrected chi connectivity index (χ3v) is 3.21. The van der Waals surface area contributed by atoms with Crippen molar-refractivity contribution < 1.29 is 4.79 Å². The van der Waals surface area contributed by atoms with Crippen LogP contribution in [0.4, 0.5) is 5.69 Å². The topological polar surface area (TPSA) is 67.2 Å². The summed E-state index contributed by atoms with van der Waals surface area (Å²) in [5.74, 6) is 0. The van der Waals surface area contributed by atoms with Gasteiger partial charge in [0.2, 0.25) is 5.12 Å². The van der Waals surface area contributed by atoms with Gasteiger partial charge in [-0.1, -0.05) is 18.2 Å². The largest absolute Gasteiger partial charge is 0.340 e. The predicted molar refractivity (Wildman–Crippen MR) is 59.9 cm³/mol. The van der Waals surface area contributed by atoms with Gasteiger partial charge in [-0.15, -0.1) is 0 Å². The Morgan fingerprint density at radius 2 is 2.07 bits per heavy atom. The molecule has 0 bridgehead atoms. The van der Waals surface area contributed by atoms with Crippen molar-refractivity contribution in [2.45, 2.75) is 0 Å². The van der Waals surface area contributed by atoms with Crippen molar-refractivity contribution in [2.24, 2.45) is 5.14 Å². The number of carbonyl (C=O) groups excluding carboxylic acids is 1. The highest BCUT2D eigenvalue weighted by Gasteiger charge is 2.18. The monoisotopic (exact) mass is 209 g/mol. The number of nitrogens with two attached hydrogens (primary N) is 1. The van der Waals surface area contributed by atoms with Crippen LogP contribution in [0.3, 0.4) is 0 Å². The molecule has 2 rings (SSSR count). The minimum absolute atomic E-state index is 0.0448. The van der Waals surface area contributed by atoms with Crippen LogP contribution in [0.25, 0.3) is 0 Å². The second-order valence-corrected chi connectivity index (χ2v) is 4.42. The van der Waals surface area contributed by atoms with Gasteiger partial charge in [0.15, 0.2) is 0 Å². The van der Waals surface area contributed by atoms with E-state index in [4.69, 9.17) is 5.14 Å². The summed E-state index contributed by atoms with van der Waals surface area (Å²) >= 11 is 0.